The van der Waals surface area contributed by atoms with Crippen LogP contribution in [0.2, 0.25) is 0 Å². The summed E-state index contributed by atoms with van der Waals surface area (Å²) in [5.41, 5.74) is 0.0302. The van der Waals surface area contributed by atoms with Crippen LogP contribution in [0.1, 0.15) is 30.8 Å². The summed E-state index contributed by atoms with van der Waals surface area (Å²) in [6, 6.07) is 7.34. The maximum atomic E-state index is 13.6. The Hall–Kier alpha value is -2.61. The molecule has 1 fully saturated rings. The summed E-state index contributed by atoms with van der Waals surface area (Å²) in [6.07, 6.45) is 4.88. The number of hydrogen-bond donors (Lipinski definition) is 2. The van der Waals surface area contributed by atoms with Crippen molar-refractivity contribution in [1.29, 1.82) is 0 Å². The van der Waals surface area contributed by atoms with Gasteiger partial charge in [-0.3, -0.25) is 9.52 Å². The fraction of sp³-hybridized carbons (Fsp3) is 0.278. The molecule has 2 aromatic rings. The molecule has 1 amide bonds. The highest BCUT2D eigenvalue weighted by Gasteiger charge is 2.36. The van der Waals surface area contributed by atoms with E-state index in [1.54, 1.807) is 12.1 Å². The topological polar surface area (TPSA) is 88.4 Å². The lowest BCUT2D eigenvalue weighted by Crippen LogP contribution is -2.12. The average molecular weight is 378 g/mol. The average Bonchev–Trinajstić information content (AvgIpc) is 3.08. The zero-order valence-corrected chi connectivity index (χ0v) is 15.1. The van der Waals surface area contributed by atoms with Crippen molar-refractivity contribution < 1.29 is 22.0 Å². The van der Waals surface area contributed by atoms with Crippen LogP contribution in [0.15, 0.2) is 40.8 Å². The number of carbonyl (C=O) groups excluding carboxylic acids is 1. The van der Waals surface area contributed by atoms with Crippen LogP contribution in [0.3, 0.4) is 0 Å². The van der Waals surface area contributed by atoms with Crippen molar-refractivity contribution in [2.45, 2.75) is 19.3 Å². The fourth-order valence-electron chi connectivity index (χ4n) is 2.60. The predicted molar refractivity (Wildman–Crippen MR) is 97.8 cm³/mol. The molecule has 2 unspecified atom stereocenters. The van der Waals surface area contributed by atoms with Gasteiger partial charge in [0, 0.05) is 17.7 Å². The lowest BCUT2D eigenvalue weighted by molar-refractivity contribution is -0.111. The Morgan fingerprint density at radius 1 is 1.31 bits per heavy atom. The molecule has 1 aromatic heterocycles. The normalized spacial score (nSPS) is 19.5. The highest BCUT2D eigenvalue weighted by molar-refractivity contribution is 7.92. The number of halogens is 1. The molecule has 2 N–H and O–H groups in total. The second-order valence-corrected chi connectivity index (χ2v) is 8.20. The molecule has 6 nitrogen and oxygen atoms in total. The van der Waals surface area contributed by atoms with E-state index in [9.17, 15) is 17.6 Å². The minimum absolute atomic E-state index is 0.233. The standard InChI is InChI=1S/C18H19FN2O4S/c1-11-9-14(11)17-7-4-13(25-17)5-8-18(22)20-12-3-6-15(19)16(10-12)21-26(2,23)24/h3-8,10-11,14,21H,9H2,1-2H3,(H,20,22)/b8-5+. The zero-order chi connectivity index (χ0) is 18.9. The molecule has 0 radical (unpaired) electrons. The molecule has 1 saturated carbocycles. The van der Waals surface area contributed by atoms with Gasteiger partial charge in [0.25, 0.3) is 0 Å². The highest BCUT2D eigenvalue weighted by atomic mass is 32.2. The number of benzene rings is 1. The van der Waals surface area contributed by atoms with Crippen LogP contribution in [-0.2, 0) is 14.8 Å². The van der Waals surface area contributed by atoms with E-state index in [4.69, 9.17) is 4.42 Å². The first-order valence-corrected chi connectivity index (χ1v) is 9.96. The third-order valence-corrected chi connectivity index (χ3v) is 4.64. The molecule has 8 heteroatoms. The predicted octanol–water partition coefficient (Wildman–Crippen LogP) is 3.57. The summed E-state index contributed by atoms with van der Waals surface area (Å²) in [4.78, 5) is 12.0. The summed E-state index contributed by atoms with van der Waals surface area (Å²) in [7, 11) is -3.62. The second kappa shape index (κ2) is 6.95. The van der Waals surface area contributed by atoms with Gasteiger partial charge in [0.1, 0.15) is 17.3 Å². The molecule has 0 bridgehead atoms. The van der Waals surface area contributed by atoms with Crippen LogP contribution in [0.5, 0.6) is 0 Å². The van der Waals surface area contributed by atoms with E-state index in [1.165, 1.54) is 18.2 Å². The molecule has 0 saturated heterocycles. The van der Waals surface area contributed by atoms with Crippen molar-refractivity contribution in [2.75, 3.05) is 16.3 Å². The molecular weight excluding hydrogens is 359 g/mol. The Bertz CT molecular complexity index is 965. The van der Waals surface area contributed by atoms with Crippen molar-refractivity contribution >= 4 is 33.4 Å². The van der Waals surface area contributed by atoms with E-state index in [1.807, 2.05) is 6.07 Å². The van der Waals surface area contributed by atoms with Crippen LogP contribution in [0.25, 0.3) is 6.08 Å². The molecule has 26 heavy (non-hydrogen) atoms. The van der Waals surface area contributed by atoms with Gasteiger partial charge in [-0.1, -0.05) is 6.92 Å². The van der Waals surface area contributed by atoms with Crippen molar-refractivity contribution in [3.8, 4) is 0 Å². The van der Waals surface area contributed by atoms with E-state index in [0.717, 1.165) is 24.5 Å². The SMILES string of the molecule is CC1CC1c1ccc(/C=C/C(=O)Nc2ccc(F)c(NS(C)(=O)=O)c2)o1. The van der Waals surface area contributed by atoms with Gasteiger partial charge in [0.05, 0.1) is 11.9 Å². The van der Waals surface area contributed by atoms with Gasteiger partial charge in [0.2, 0.25) is 15.9 Å². The van der Waals surface area contributed by atoms with Crippen molar-refractivity contribution in [3.05, 3.63) is 53.7 Å². The van der Waals surface area contributed by atoms with E-state index < -0.39 is 21.7 Å². The van der Waals surface area contributed by atoms with Gasteiger partial charge >= 0.3 is 0 Å². The largest absolute Gasteiger partial charge is 0.461 e. The summed E-state index contributed by atoms with van der Waals surface area (Å²) >= 11 is 0. The molecule has 1 aliphatic rings. The number of sulfonamides is 1. The second-order valence-electron chi connectivity index (χ2n) is 6.45. The Morgan fingerprint density at radius 2 is 2.04 bits per heavy atom. The molecule has 1 aliphatic carbocycles. The zero-order valence-electron chi connectivity index (χ0n) is 14.3. The van der Waals surface area contributed by atoms with Gasteiger partial charge in [0.15, 0.2) is 0 Å². The number of hydrogen-bond acceptors (Lipinski definition) is 4. The molecule has 138 valence electrons. The fourth-order valence-corrected chi connectivity index (χ4v) is 3.15. The molecule has 1 heterocycles. The third-order valence-electron chi connectivity index (χ3n) is 4.05. The molecular formula is C18H19FN2O4S. The molecule has 0 spiro atoms. The first-order valence-electron chi connectivity index (χ1n) is 8.07. The number of anilines is 2. The lowest BCUT2D eigenvalue weighted by atomic mass is 10.2. The summed E-state index contributed by atoms with van der Waals surface area (Å²) in [6.45, 7) is 2.16. The smallest absolute Gasteiger partial charge is 0.248 e. The number of amides is 1. The quantitative estimate of drug-likeness (QED) is 0.752. The minimum atomic E-state index is -3.62. The Kier molecular flexibility index (Phi) is 4.86. The highest BCUT2D eigenvalue weighted by Crippen LogP contribution is 2.47. The van der Waals surface area contributed by atoms with Crippen LogP contribution >= 0.6 is 0 Å². The Balaban J connectivity index is 1.64. The van der Waals surface area contributed by atoms with E-state index >= 15 is 0 Å². The number of furan rings is 1. The van der Waals surface area contributed by atoms with Crippen LogP contribution < -0.4 is 10.0 Å². The van der Waals surface area contributed by atoms with Gasteiger partial charge in [-0.2, -0.15) is 0 Å². The van der Waals surface area contributed by atoms with Crippen molar-refractivity contribution in [3.63, 3.8) is 0 Å². The van der Waals surface area contributed by atoms with Gasteiger partial charge in [-0.25, -0.2) is 12.8 Å². The van der Waals surface area contributed by atoms with Crippen LogP contribution in [-0.4, -0.2) is 20.6 Å². The molecule has 0 aliphatic heterocycles. The van der Waals surface area contributed by atoms with Crippen molar-refractivity contribution in [2.24, 2.45) is 5.92 Å². The molecule has 3 rings (SSSR count). The van der Waals surface area contributed by atoms with Gasteiger partial charge < -0.3 is 9.73 Å². The molecule has 2 atom stereocenters. The van der Waals surface area contributed by atoms with E-state index in [-0.39, 0.29) is 11.4 Å². The maximum absolute atomic E-state index is 13.6. The van der Waals surface area contributed by atoms with Crippen molar-refractivity contribution in [1.82, 2.24) is 0 Å². The monoisotopic (exact) mass is 378 g/mol. The Labute approximate surface area is 151 Å². The van der Waals surface area contributed by atoms with Crippen LogP contribution in [0, 0.1) is 11.7 Å². The van der Waals surface area contributed by atoms with Gasteiger partial charge in [-0.05, 0) is 48.7 Å². The number of nitrogens with one attached hydrogen (secondary N) is 2. The van der Waals surface area contributed by atoms with Crippen LogP contribution in [0.4, 0.5) is 15.8 Å². The van der Waals surface area contributed by atoms with E-state index in [0.29, 0.717) is 17.6 Å². The molecule has 1 aromatic carbocycles. The first-order chi connectivity index (χ1) is 12.2. The minimum Gasteiger partial charge on any atom is -0.461 e. The van der Waals surface area contributed by atoms with E-state index in [2.05, 4.69) is 17.0 Å². The summed E-state index contributed by atoms with van der Waals surface area (Å²) < 4.78 is 43.8. The summed E-state index contributed by atoms with van der Waals surface area (Å²) in [5, 5.41) is 2.55. The number of carbonyl (C=O) groups is 1. The Morgan fingerprint density at radius 3 is 2.69 bits per heavy atom. The first kappa shape index (κ1) is 18.2. The summed E-state index contributed by atoms with van der Waals surface area (Å²) in [5.74, 6) is 1.42. The van der Waals surface area contributed by atoms with Gasteiger partial charge in [-0.15, -0.1) is 0 Å². The number of rotatable bonds is 6. The third kappa shape index (κ3) is 4.72. The maximum Gasteiger partial charge on any atom is 0.248 e. The lowest BCUT2D eigenvalue weighted by Gasteiger charge is -2.08.